The fourth-order valence-corrected chi connectivity index (χ4v) is 1.92. The molecule has 17 heavy (non-hydrogen) atoms. The summed E-state index contributed by atoms with van der Waals surface area (Å²) in [6.07, 6.45) is 0. The van der Waals surface area contributed by atoms with E-state index in [1.807, 2.05) is 18.2 Å². The summed E-state index contributed by atoms with van der Waals surface area (Å²) in [7, 11) is 0. The van der Waals surface area contributed by atoms with Gasteiger partial charge >= 0.3 is 0 Å². The van der Waals surface area contributed by atoms with Gasteiger partial charge in [-0.2, -0.15) is 0 Å². The fraction of sp³-hybridized carbons (Fsp3) is 0.200. The molecule has 0 amide bonds. The average molecular weight is 248 g/mol. The van der Waals surface area contributed by atoms with Crippen LogP contribution in [0.4, 0.5) is 5.69 Å². The Morgan fingerprint density at radius 3 is 1.76 bits per heavy atom. The molecule has 0 radical (unpaired) electrons. The molecule has 2 N–H and O–H groups in total. The maximum absolute atomic E-state index is 5.71. The van der Waals surface area contributed by atoms with Gasteiger partial charge in [0.25, 0.3) is 0 Å². The van der Waals surface area contributed by atoms with E-state index in [-0.39, 0.29) is 17.8 Å². The van der Waals surface area contributed by atoms with Crippen LogP contribution in [0.15, 0.2) is 54.6 Å². The van der Waals surface area contributed by atoms with E-state index in [2.05, 4.69) is 50.2 Å². The molecular formula is C15H18ClN. The molecule has 2 aromatic carbocycles. The highest BCUT2D eigenvalue weighted by Crippen LogP contribution is 2.31. The third kappa shape index (κ3) is 2.80. The molecule has 0 atom stereocenters. The molecule has 0 heterocycles. The zero-order valence-electron chi connectivity index (χ0n) is 10.2. The van der Waals surface area contributed by atoms with Crippen LogP contribution in [0.1, 0.15) is 25.0 Å². The molecule has 0 aliphatic rings. The second kappa shape index (κ2) is 5.24. The van der Waals surface area contributed by atoms with Gasteiger partial charge in [0.2, 0.25) is 0 Å². The summed E-state index contributed by atoms with van der Waals surface area (Å²) in [6.45, 7) is 4.46. The fourth-order valence-electron chi connectivity index (χ4n) is 1.92. The van der Waals surface area contributed by atoms with Crippen LogP contribution < -0.4 is 5.73 Å². The van der Waals surface area contributed by atoms with Gasteiger partial charge < -0.3 is 5.73 Å². The number of nitrogen functional groups attached to an aromatic ring is 1. The molecule has 2 aromatic rings. The lowest BCUT2D eigenvalue weighted by molar-refractivity contribution is 0.641. The normalized spacial score (nSPS) is 10.7. The number of benzene rings is 2. The summed E-state index contributed by atoms with van der Waals surface area (Å²) < 4.78 is 0. The Morgan fingerprint density at radius 1 is 0.765 bits per heavy atom. The number of halogens is 1. The van der Waals surface area contributed by atoms with E-state index < -0.39 is 0 Å². The van der Waals surface area contributed by atoms with Crippen LogP contribution >= 0.6 is 12.4 Å². The highest BCUT2D eigenvalue weighted by atomic mass is 35.5. The Labute approximate surface area is 109 Å². The van der Waals surface area contributed by atoms with E-state index in [1.165, 1.54) is 11.1 Å². The van der Waals surface area contributed by atoms with Crippen LogP contribution in [0, 0.1) is 0 Å². The van der Waals surface area contributed by atoms with Gasteiger partial charge in [-0.1, -0.05) is 56.3 Å². The summed E-state index contributed by atoms with van der Waals surface area (Å²) in [5.41, 5.74) is 9.15. The maximum atomic E-state index is 5.71. The minimum absolute atomic E-state index is 0. The molecule has 90 valence electrons. The van der Waals surface area contributed by atoms with E-state index in [1.54, 1.807) is 0 Å². The number of anilines is 1. The zero-order valence-corrected chi connectivity index (χ0v) is 11.0. The average Bonchev–Trinajstić information content (AvgIpc) is 2.31. The van der Waals surface area contributed by atoms with Crippen LogP contribution in [0.3, 0.4) is 0 Å². The molecule has 2 rings (SSSR count). The first-order chi connectivity index (χ1) is 7.60. The number of hydrogen-bond acceptors (Lipinski definition) is 1. The number of rotatable bonds is 2. The molecule has 0 aliphatic carbocycles. The van der Waals surface area contributed by atoms with Gasteiger partial charge in [0, 0.05) is 11.1 Å². The minimum atomic E-state index is 0. The van der Waals surface area contributed by atoms with E-state index in [4.69, 9.17) is 5.73 Å². The van der Waals surface area contributed by atoms with E-state index >= 15 is 0 Å². The summed E-state index contributed by atoms with van der Waals surface area (Å²) >= 11 is 0. The Hall–Kier alpha value is -1.47. The van der Waals surface area contributed by atoms with Crippen LogP contribution in [-0.4, -0.2) is 0 Å². The largest absolute Gasteiger partial charge is 0.399 e. The maximum Gasteiger partial charge on any atom is 0.0314 e. The predicted molar refractivity (Wildman–Crippen MR) is 76.7 cm³/mol. The lowest BCUT2D eigenvalue weighted by Crippen LogP contribution is -2.18. The van der Waals surface area contributed by atoms with Gasteiger partial charge in [0.15, 0.2) is 0 Å². The van der Waals surface area contributed by atoms with Gasteiger partial charge in [-0.05, 0) is 23.3 Å². The third-order valence-corrected chi connectivity index (χ3v) is 3.13. The van der Waals surface area contributed by atoms with Crippen LogP contribution in [0.25, 0.3) is 0 Å². The summed E-state index contributed by atoms with van der Waals surface area (Å²) in [6, 6.07) is 18.6. The summed E-state index contributed by atoms with van der Waals surface area (Å²) in [4.78, 5) is 0. The van der Waals surface area contributed by atoms with Crippen molar-refractivity contribution >= 4 is 18.1 Å². The van der Waals surface area contributed by atoms with E-state index in [9.17, 15) is 0 Å². The SMILES string of the molecule is CC(C)(c1ccccc1)c1ccc(N)cc1.Cl. The quantitative estimate of drug-likeness (QED) is 0.797. The van der Waals surface area contributed by atoms with Crippen molar-refractivity contribution in [2.45, 2.75) is 19.3 Å². The van der Waals surface area contributed by atoms with Crippen molar-refractivity contribution in [2.75, 3.05) is 5.73 Å². The van der Waals surface area contributed by atoms with Crippen molar-refractivity contribution in [3.05, 3.63) is 65.7 Å². The first kappa shape index (κ1) is 13.6. The molecule has 0 fully saturated rings. The van der Waals surface area contributed by atoms with Gasteiger partial charge in [-0.25, -0.2) is 0 Å². The summed E-state index contributed by atoms with van der Waals surface area (Å²) in [5.74, 6) is 0. The Morgan fingerprint density at radius 2 is 1.24 bits per heavy atom. The smallest absolute Gasteiger partial charge is 0.0314 e. The van der Waals surface area contributed by atoms with Crippen LogP contribution in [-0.2, 0) is 5.41 Å². The van der Waals surface area contributed by atoms with Gasteiger partial charge in [0.1, 0.15) is 0 Å². The monoisotopic (exact) mass is 247 g/mol. The van der Waals surface area contributed by atoms with Gasteiger partial charge in [-0.15, -0.1) is 12.4 Å². The molecule has 0 unspecified atom stereocenters. The standard InChI is InChI=1S/C15H17N.ClH/c1-15(2,12-6-4-3-5-7-12)13-8-10-14(16)11-9-13;/h3-11H,16H2,1-2H3;1H. The molecular weight excluding hydrogens is 230 g/mol. The molecule has 0 saturated carbocycles. The van der Waals surface area contributed by atoms with Gasteiger partial charge in [0.05, 0.1) is 0 Å². The first-order valence-electron chi connectivity index (χ1n) is 5.52. The molecule has 0 aromatic heterocycles. The van der Waals surface area contributed by atoms with E-state index in [0.29, 0.717) is 0 Å². The summed E-state index contributed by atoms with van der Waals surface area (Å²) in [5, 5.41) is 0. The number of nitrogens with two attached hydrogens (primary N) is 1. The molecule has 0 aliphatic heterocycles. The molecule has 0 spiro atoms. The van der Waals surface area contributed by atoms with Crippen molar-refractivity contribution in [3.8, 4) is 0 Å². The third-order valence-electron chi connectivity index (χ3n) is 3.13. The lowest BCUT2D eigenvalue weighted by atomic mass is 9.78. The molecule has 1 nitrogen and oxygen atoms in total. The van der Waals surface area contributed by atoms with E-state index in [0.717, 1.165) is 5.69 Å². The Balaban J connectivity index is 0.00000144. The molecule has 0 saturated heterocycles. The van der Waals surface area contributed by atoms with Crippen LogP contribution in [0.2, 0.25) is 0 Å². The highest BCUT2D eigenvalue weighted by Gasteiger charge is 2.22. The van der Waals surface area contributed by atoms with Crippen molar-refractivity contribution in [1.82, 2.24) is 0 Å². The topological polar surface area (TPSA) is 26.0 Å². The zero-order chi connectivity index (χ0) is 11.6. The number of hydrogen-bond donors (Lipinski definition) is 1. The highest BCUT2D eigenvalue weighted by molar-refractivity contribution is 5.85. The van der Waals surface area contributed by atoms with Crippen molar-refractivity contribution in [2.24, 2.45) is 0 Å². The van der Waals surface area contributed by atoms with Gasteiger partial charge in [-0.3, -0.25) is 0 Å². The van der Waals surface area contributed by atoms with Crippen molar-refractivity contribution in [3.63, 3.8) is 0 Å². The second-order valence-corrected chi connectivity index (χ2v) is 4.61. The Bertz CT molecular complexity index is 460. The van der Waals surface area contributed by atoms with Crippen molar-refractivity contribution < 1.29 is 0 Å². The molecule has 2 heteroatoms. The second-order valence-electron chi connectivity index (χ2n) is 4.61. The lowest BCUT2D eigenvalue weighted by Gasteiger charge is -2.26. The first-order valence-corrected chi connectivity index (χ1v) is 5.52. The Kier molecular flexibility index (Phi) is 4.19. The minimum Gasteiger partial charge on any atom is -0.399 e. The molecule has 0 bridgehead atoms. The predicted octanol–water partition coefficient (Wildman–Crippen LogP) is 4.02. The van der Waals surface area contributed by atoms with Crippen molar-refractivity contribution in [1.29, 1.82) is 0 Å². The van der Waals surface area contributed by atoms with Crippen LogP contribution in [0.5, 0.6) is 0 Å².